The van der Waals surface area contributed by atoms with E-state index < -0.39 is 0 Å². The van der Waals surface area contributed by atoms with Gasteiger partial charge >= 0.3 is 0 Å². The van der Waals surface area contributed by atoms with Crippen molar-refractivity contribution >= 4 is 0 Å². The number of furan rings is 1. The minimum Gasteiger partial charge on any atom is -0.468 e. The predicted molar refractivity (Wildman–Crippen MR) is 56.1 cm³/mol. The third-order valence-electron chi connectivity index (χ3n) is 2.96. The molecule has 0 aliphatic rings. The van der Waals surface area contributed by atoms with E-state index in [1.807, 2.05) is 6.26 Å². The largest absolute Gasteiger partial charge is 0.468 e. The minimum atomic E-state index is 0.180. The van der Waals surface area contributed by atoms with Crippen LogP contribution in [0, 0.1) is 6.92 Å². The highest BCUT2D eigenvalue weighted by atomic mass is 16.3. The van der Waals surface area contributed by atoms with Crippen molar-refractivity contribution in [1.82, 2.24) is 0 Å². The van der Waals surface area contributed by atoms with Crippen LogP contribution in [0.1, 0.15) is 51.0 Å². The summed E-state index contributed by atoms with van der Waals surface area (Å²) in [5.41, 5.74) is 2.87. The van der Waals surface area contributed by atoms with Crippen LogP contribution in [-0.2, 0) is 11.8 Å². The van der Waals surface area contributed by atoms with Gasteiger partial charge in [0.15, 0.2) is 0 Å². The fraction of sp³-hybridized carbons (Fsp3) is 0.667. The molecule has 0 amide bonds. The predicted octanol–water partition coefficient (Wildman–Crippen LogP) is 3.84. The molecule has 1 rings (SSSR count). The van der Waals surface area contributed by atoms with Crippen molar-refractivity contribution in [3.63, 3.8) is 0 Å². The lowest BCUT2D eigenvalue weighted by atomic mass is 9.84. The van der Waals surface area contributed by atoms with Crippen LogP contribution in [0.2, 0.25) is 0 Å². The lowest BCUT2D eigenvalue weighted by molar-refractivity contribution is 0.371. The third kappa shape index (κ3) is 1.79. The molecule has 0 aliphatic carbocycles. The SMILES string of the molecule is CCc1c(C)coc1C(C)(C)CC. The van der Waals surface area contributed by atoms with E-state index in [0.29, 0.717) is 0 Å². The summed E-state index contributed by atoms with van der Waals surface area (Å²) in [4.78, 5) is 0. The zero-order chi connectivity index (χ0) is 10.1. The van der Waals surface area contributed by atoms with Crippen LogP contribution in [0.15, 0.2) is 10.7 Å². The summed E-state index contributed by atoms with van der Waals surface area (Å²) in [6.45, 7) is 11.0. The Morgan fingerprint density at radius 3 is 2.38 bits per heavy atom. The van der Waals surface area contributed by atoms with Crippen molar-refractivity contribution in [3.8, 4) is 0 Å². The Balaban J connectivity index is 3.14. The highest BCUT2D eigenvalue weighted by Crippen LogP contribution is 2.32. The molecule has 74 valence electrons. The molecule has 1 aromatic rings. The maximum Gasteiger partial charge on any atom is 0.112 e. The van der Waals surface area contributed by atoms with E-state index >= 15 is 0 Å². The Morgan fingerprint density at radius 2 is 1.92 bits per heavy atom. The van der Waals surface area contributed by atoms with Crippen LogP contribution in [-0.4, -0.2) is 0 Å². The van der Waals surface area contributed by atoms with Crippen LogP contribution < -0.4 is 0 Å². The quantitative estimate of drug-likeness (QED) is 0.689. The number of hydrogen-bond acceptors (Lipinski definition) is 1. The molecule has 0 atom stereocenters. The van der Waals surface area contributed by atoms with Gasteiger partial charge in [0.25, 0.3) is 0 Å². The van der Waals surface area contributed by atoms with Crippen molar-refractivity contribution in [2.45, 2.75) is 52.9 Å². The summed E-state index contributed by atoms with van der Waals surface area (Å²) in [7, 11) is 0. The molecule has 0 saturated carbocycles. The molecule has 1 heteroatoms. The van der Waals surface area contributed by atoms with Crippen molar-refractivity contribution in [1.29, 1.82) is 0 Å². The highest BCUT2D eigenvalue weighted by Gasteiger charge is 2.25. The molecule has 0 bridgehead atoms. The number of rotatable bonds is 3. The molecular formula is C12H20O. The fourth-order valence-corrected chi connectivity index (χ4v) is 1.64. The van der Waals surface area contributed by atoms with Gasteiger partial charge in [-0.15, -0.1) is 0 Å². The monoisotopic (exact) mass is 180 g/mol. The molecule has 0 aromatic carbocycles. The summed E-state index contributed by atoms with van der Waals surface area (Å²) in [5, 5.41) is 0. The van der Waals surface area contributed by atoms with Gasteiger partial charge in [-0.05, 0) is 30.9 Å². The Morgan fingerprint density at radius 1 is 1.31 bits per heavy atom. The summed E-state index contributed by atoms with van der Waals surface area (Å²) in [5.74, 6) is 1.18. The highest BCUT2D eigenvalue weighted by molar-refractivity contribution is 5.31. The van der Waals surface area contributed by atoms with Gasteiger partial charge in [0.2, 0.25) is 0 Å². The summed E-state index contributed by atoms with van der Waals surface area (Å²) < 4.78 is 5.64. The Bertz CT molecular complexity index is 281. The van der Waals surface area contributed by atoms with Gasteiger partial charge in [0, 0.05) is 5.41 Å². The average Bonchev–Trinajstić information content (AvgIpc) is 2.47. The van der Waals surface area contributed by atoms with Crippen LogP contribution >= 0.6 is 0 Å². The number of aryl methyl sites for hydroxylation is 1. The first-order valence-corrected chi connectivity index (χ1v) is 5.10. The van der Waals surface area contributed by atoms with E-state index in [1.165, 1.54) is 16.9 Å². The normalized spacial score (nSPS) is 12.1. The van der Waals surface area contributed by atoms with Gasteiger partial charge in [-0.3, -0.25) is 0 Å². The Hall–Kier alpha value is -0.720. The Kier molecular flexibility index (Phi) is 2.84. The average molecular weight is 180 g/mol. The summed E-state index contributed by atoms with van der Waals surface area (Å²) in [6, 6.07) is 0. The standard InChI is InChI=1S/C12H20O/c1-6-10-9(3)8-13-11(10)12(4,5)7-2/h8H,6-7H2,1-5H3. The zero-order valence-electron chi connectivity index (χ0n) is 9.40. The second-order valence-corrected chi connectivity index (χ2v) is 4.32. The first-order chi connectivity index (χ1) is 6.03. The Labute approximate surface area is 81.1 Å². The van der Waals surface area contributed by atoms with Crippen molar-refractivity contribution in [3.05, 3.63) is 23.2 Å². The van der Waals surface area contributed by atoms with E-state index in [-0.39, 0.29) is 5.41 Å². The third-order valence-corrected chi connectivity index (χ3v) is 2.96. The topological polar surface area (TPSA) is 13.1 Å². The fourth-order valence-electron chi connectivity index (χ4n) is 1.64. The first kappa shape index (κ1) is 10.4. The van der Waals surface area contributed by atoms with Crippen molar-refractivity contribution < 1.29 is 4.42 Å². The maximum atomic E-state index is 5.64. The van der Waals surface area contributed by atoms with Crippen LogP contribution in [0.3, 0.4) is 0 Å². The van der Waals surface area contributed by atoms with E-state index in [2.05, 4.69) is 34.6 Å². The molecule has 0 unspecified atom stereocenters. The molecule has 0 aliphatic heterocycles. The van der Waals surface area contributed by atoms with Crippen molar-refractivity contribution in [2.75, 3.05) is 0 Å². The van der Waals surface area contributed by atoms with E-state index in [0.717, 1.165) is 12.8 Å². The smallest absolute Gasteiger partial charge is 0.112 e. The molecule has 1 heterocycles. The van der Waals surface area contributed by atoms with Gasteiger partial charge in [0.05, 0.1) is 6.26 Å². The first-order valence-electron chi connectivity index (χ1n) is 5.10. The lowest BCUT2D eigenvalue weighted by Gasteiger charge is -2.21. The van der Waals surface area contributed by atoms with Crippen LogP contribution in [0.25, 0.3) is 0 Å². The van der Waals surface area contributed by atoms with Crippen LogP contribution in [0.5, 0.6) is 0 Å². The van der Waals surface area contributed by atoms with Gasteiger partial charge in [0.1, 0.15) is 5.76 Å². The van der Waals surface area contributed by atoms with E-state index in [4.69, 9.17) is 4.42 Å². The van der Waals surface area contributed by atoms with Crippen LogP contribution in [0.4, 0.5) is 0 Å². The maximum absolute atomic E-state index is 5.64. The molecule has 1 aromatic heterocycles. The van der Waals surface area contributed by atoms with Gasteiger partial charge in [-0.2, -0.15) is 0 Å². The second-order valence-electron chi connectivity index (χ2n) is 4.32. The minimum absolute atomic E-state index is 0.180. The second kappa shape index (κ2) is 3.57. The van der Waals surface area contributed by atoms with Crippen molar-refractivity contribution in [2.24, 2.45) is 0 Å². The molecule has 0 radical (unpaired) electrons. The molecule has 1 nitrogen and oxygen atoms in total. The summed E-state index contributed by atoms with van der Waals surface area (Å²) in [6.07, 6.45) is 4.07. The molecule has 13 heavy (non-hydrogen) atoms. The molecule has 0 fully saturated rings. The molecule has 0 spiro atoms. The molecular weight excluding hydrogens is 160 g/mol. The van der Waals surface area contributed by atoms with E-state index in [1.54, 1.807) is 0 Å². The zero-order valence-corrected chi connectivity index (χ0v) is 9.40. The molecule has 0 N–H and O–H groups in total. The summed E-state index contributed by atoms with van der Waals surface area (Å²) >= 11 is 0. The number of hydrogen-bond donors (Lipinski definition) is 0. The lowest BCUT2D eigenvalue weighted by Crippen LogP contribution is -2.16. The van der Waals surface area contributed by atoms with Gasteiger partial charge in [-0.1, -0.05) is 27.7 Å². The van der Waals surface area contributed by atoms with Gasteiger partial charge < -0.3 is 4.42 Å². The van der Waals surface area contributed by atoms with E-state index in [9.17, 15) is 0 Å². The van der Waals surface area contributed by atoms with Gasteiger partial charge in [-0.25, -0.2) is 0 Å². The molecule has 0 saturated heterocycles.